The van der Waals surface area contributed by atoms with Crippen LogP contribution in [-0.4, -0.2) is 25.2 Å². The van der Waals surface area contributed by atoms with Crippen LogP contribution in [0.4, 0.5) is 0 Å². The van der Waals surface area contributed by atoms with Gasteiger partial charge in [-0.25, -0.2) is 0 Å². The van der Waals surface area contributed by atoms with Crippen molar-refractivity contribution in [2.45, 2.75) is 26.7 Å². The maximum absolute atomic E-state index is 11.5. The first-order valence-electron chi connectivity index (χ1n) is 4.83. The second kappa shape index (κ2) is 4.44. The average molecular weight is 199 g/mol. The summed E-state index contributed by atoms with van der Waals surface area (Å²) in [5, 5.41) is 0. The van der Waals surface area contributed by atoms with E-state index < -0.39 is 17.4 Å². The van der Waals surface area contributed by atoms with Crippen molar-refractivity contribution in [2.24, 2.45) is 5.41 Å². The van der Waals surface area contributed by atoms with E-state index in [1.54, 1.807) is 13.8 Å². The maximum atomic E-state index is 11.5. The number of esters is 2. The van der Waals surface area contributed by atoms with Crippen molar-refractivity contribution in [3.05, 3.63) is 6.42 Å². The third-order valence-electron chi connectivity index (χ3n) is 2.32. The van der Waals surface area contributed by atoms with Crippen LogP contribution in [0.2, 0.25) is 0 Å². The van der Waals surface area contributed by atoms with Crippen LogP contribution >= 0.6 is 0 Å². The fraction of sp³-hybridized carbons (Fsp3) is 0.700. The van der Waals surface area contributed by atoms with Gasteiger partial charge in [0.2, 0.25) is 0 Å². The third-order valence-corrected chi connectivity index (χ3v) is 2.32. The number of carbonyl (C=O) groups excluding carboxylic acids is 2. The summed E-state index contributed by atoms with van der Waals surface area (Å²) in [6.07, 6.45) is 2.75. The summed E-state index contributed by atoms with van der Waals surface area (Å²) in [6, 6.07) is 0. The van der Waals surface area contributed by atoms with E-state index in [0.29, 0.717) is 26.1 Å². The van der Waals surface area contributed by atoms with Gasteiger partial charge in [-0.3, -0.25) is 9.59 Å². The Balaban J connectivity index is 2.65. The molecule has 0 N–H and O–H groups in total. The van der Waals surface area contributed by atoms with Gasteiger partial charge in [0.15, 0.2) is 5.41 Å². The number of hydrogen-bond donors (Lipinski definition) is 0. The van der Waals surface area contributed by atoms with Crippen LogP contribution < -0.4 is 0 Å². The van der Waals surface area contributed by atoms with E-state index in [1.165, 1.54) is 0 Å². The van der Waals surface area contributed by atoms with Gasteiger partial charge < -0.3 is 9.47 Å². The highest BCUT2D eigenvalue weighted by Crippen LogP contribution is 2.42. The molecular formula is C10H15O4. The van der Waals surface area contributed by atoms with Crippen molar-refractivity contribution < 1.29 is 19.1 Å². The molecule has 1 aliphatic rings. The van der Waals surface area contributed by atoms with E-state index in [-0.39, 0.29) is 0 Å². The molecule has 0 unspecified atom stereocenters. The first-order valence-corrected chi connectivity index (χ1v) is 4.83. The third kappa shape index (κ3) is 1.74. The van der Waals surface area contributed by atoms with Crippen molar-refractivity contribution >= 4 is 11.9 Å². The lowest BCUT2D eigenvalue weighted by atomic mass is 9.69. The van der Waals surface area contributed by atoms with Crippen LogP contribution in [0.15, 0.2) is 0 Å². The lowest BCUT2D eigenvalue weighted by Gasteiger charge is -2.35. The van der Waals surface area contributed by atoms with E-state index in [4.69, 9.17) is 9.47 Å². The fourth-order valence-electron chi connectivity index (χ4n) is 1.39. The molecule has 0 aromatic carbocycles. The summed E-state index contributed by atoms with van der Waals surface area (Å²) < 4.78 is 9.71. The molecule has 1 rings (SSSR count). The number of hydrogen-bond acceptors (Lipinski definition) is 4. The van der Waals surface area contributed by atoms with E-state index in [1.807, 2.05) is 6.42 Å². The number of rotatable bonds is 4. The molecule has 0 atom stereocenters. The van der Waals surface area contributed by atoms with Gasteiger partial charge in [0.05, 0.1) is 13.2 Å². The number of carbonyl (C=O) groups is 2. The highest BCUT2D eigenvalue weighted by atomic mass is 16.6. The van der Waals surface area contributed by atoms with Crippen LogP contribution in [-0.2, 0) is 19.1 Å². The summed E-state index contributed by atoms with van der Waals surface area (Å²) in [4.78, 5) is 23.0. The van der Waals surface area contributed by atoms with Crippen molar-refractivity contribution in [3.8, 4) is 0 Å². The highest BCUT2D eigenvalue weighted by molar-refractivity contribution is 6.01. The van der Waals surface area contributed by atoms with Crippen LogP contribution in [0.3, 0.4) is 0 Å². The Morgan fingerprint density at radius 3 is 1.79 bits per heavy atom. The van der Waals surface area contributed by atoms with Gasteiger partial charge in [-0.2, -0.15) is 0 Å². The van der Waals surface area contributed by atoms with Crippen LogP contribution in [0.1, 0.15) is 26.7 Å². The first-order chi connectivity index (χ1) is 6.67. The Kier molecular flexibility index (Phi) is 3.49. The molecule has 1 saturated carbocycles. The van der Waals surface area contributed by atoms with Crippen LogP contribution in [0.25, 0.3) is 0 Å². The summed E-state index contributed by atoms with van der Waals surface area (Å²) >= 11 is 0. The Morgan fingerprint density at radius 1 is 1.14 bits per heavy atom. The van der Waals surface area contributed by atoms with Crippen molar-refractivity contribution in [1.82, 2.24) is 0 Å². The second-order valence-electron chi connectivity index (χ2n) is 3.22. The highest BCUT2D eigenvalue weighted by Gasteiger charge is 2.53. The quantitative estimate of drug-likeness (QED) is 0.502. The summed E-state index contributed by atoms with van der Waals surface area (Å²) in [7, 11) is 0. The zero-order valence-electron chi connectivity index (χ0n) is 8.54. The molecular weight excluding hydrogens is 184 g/mol. The van der Waals surface area contributed by atoms with Gasteiger partial charge in [-0.1, -0.05) is 0 Å². The minimum Gasteiger partial charge on any atom is -0.465 e. The Labute approximate surface area is 83.6 Å². The maximum Gasteiger partial charge on any atom is 0.323 e. The molecule has 0 amide bonds. The Bertz CT molecular complexity index is 210. The first kappa shape index (κ1) is 11.0. The van der Waals surface area contributed by atoms with E-state index >= 15 is 0 Å². The molecule has 79 valence electrons. The van der Waals surface area contributed by atoms with Crippen LogP contribution in [0, 0.1) is 11.8 Å². The molecule has 0 spiro atoms. The van der Waals surface area contributed by atoms with Gasteiger partial charge in [0, 0.05) is 0 Å². The molecule has 0 aromatic rings. The predicted molar refractivity (Wildman–Crippen MR) is 49.2 cm³/mol. The van der Waals surface area contributed by atoms with E-state index in [9.17, 15) is 9.59 Å². The van der Waals surface area contributed by atoms with E-state index in [2.05, 4.69) is 0 Å². The van der Waals surface area contributed by atoms with Crippen molar-refractivity contribution in [1.29, 1.82) is 0 Å². The molecule has 0 aliphatic heterocycles. The molecule has 1 fully saturated rings. The van der Waals surface area contributed by atoms with Gasteiger partial charge >= 0.3 is 11.9 Å². The standard InChI is InChI=1S/C10H15O4/c1-3-13-8(11)10(6-5-7-10)9(12)14-4-2/h5H,3-4,6-7H2,1-2H3. The molecule has 1 radical (unpaired) electrons. The zero-order valence-corrected chi connectivity index (χ0v) is 8.54. The molecule has 4 heteroatoms. The molecule has 0 heterocycles. The van der Waals surface area contributed by atoms with E-state index in [0.717, 1.165) is 0 Å². The number of ether oxygens (including phenoxy) is 2. The monoisotopic (exact) mass is 199 g/mol. The molecule has 1 aliphatic carbocycles. The Morgan fingerprint density at radius 2 is 1.57 bits per heavy atom. The van der Waals surface area contributed by atoms with Crippen molar-refractivity contribution in [3.63, 3.8) is 0 Å². The molecule has 0 aromatic heterocycles. The zero-order chi connectivity index (χ0) is 10.6. The van der Waals surface area contributed by atoms with Crippen molar-refractivity contribution in [2.75, 3.05) is 13.2 Å². The largest absolute Gasteiger partial charge is 0.465 e. The van der Waals surface area contributed by atoms with Crippen LogP contribution in [0.5, 0.6) is 0 Å². The molecule has 4 nitrogen and oxygen atoms in total. The lowest BCUT2D eigenvalue weighted by Crippen LogP contribution is -2.47. The van der Waals surface area contributed by atoms with Gasteiger partial charge in [-0.15, -0.1) is 0 Å². The topological polar surface area (TPSA) is 52.6 Å². The molecule has 0 bridgehead atoms. The van der Waals surface area contributed by atoms with Gasteiger partial charge in [0.25, 0.3) is 0 Å². The van der Waals surface area contributed by atoms with Gasteiger partial charge in [0.1, 0.15) is 0 Å². The summed E-state index contributed by atoms with van der Waals surface area (Å²) in [5.41, 5.74) is -1.04. The Hall–Kier alpha value is -1.06. The normalized spacial score (nSPS) is 18.1. The smallest absolute Gasteiger partial charge is 0.323 e. The lowest BCUT2D eigenvalue weighted by molar-refractivity contribution is -0.175. The minimum absolute atomic E-state index is 0.292. The molecule has 0 saturated heterocycles. The molecule has 14 heavy (non-hydrogen) atoms. The summed E-state index contributed by atoms with van der Waals surface area (Å²) in [5.74, 6) is -0.915. The average Bonchev–Trinajstić information content (AvgIpc) is 2.02. The fourth-order valence-corrected chi connectivity index (χ4v) is 1.39. The minimum atomic E-state index is -1.04. The predicted octanol–water partition coefficient (Wildman–Crippen LogP) is 1.10. The second-order valence-corrected chi connectivity index (χ2v) is 3.22. The summed E-state index contributed by atoms with van der Waals surface area (Å²) in [6.45, 7) is 4.03. The SMILES string of the molecule is CCOC(=O)C1(C(=O)OCC)C[CH]C1. The van der Waals surface area contributed by atoms with Gasteiger partial charge in [-0.05, 0) is 33.1 Å².